The summed E-state index contributed by atoms with van der Waals surface area (Å²) >= 11 is 3.32. The molecule has 0 amide bonds. The maximum atomic E-state index is 6.12. The number of aromatic nitrogens is 2. The van der Waals surface area contributed by atoms with Gasteiger partial charge in [-0.05, 0) is 59.3 Å². The van der Waals surface area contributed by atoms with Gasteiger partial charge in [0.2, 0.25) is 0 Å². The highest BCUT2D eigenvalue weighted by Gasteiger charge is 2.18. The zero-order valence-electron chi connectivity index (χ0n) is 13.1. The predicted octanol–water partition coefficient (Wildman–Crippen LogP) is 4.18. The van der Waals surface area contributed by atoms with Crippen LogP contribution in [0.5, 0.6) is 11.5 Å². The van der Waals surface area contributed by atoms with Crippen molar-refractivity contribution in [3.63, 3.8) is 0 Å². The molecule has 1 aliphatic rings. The lowest BCUT2D eigenvalue weighted by atomic mass is 10.2. The van der Waals surface area contributed by atoms with Crippen molar-refractivity contribution in [1.29, 1.82) is 0 Å². The van der Waals surface area contributed by atoms with Crippen molar-refractivity contribution >= 4 is 21.7 Å². The van der Waals surface area contributed by atoms with Gasteiger partial charge in [0.25, 0.3) is 0 Å². The molecule has 5 nitrogen and oxygen atoms in total. The fraction of sp³-hybridized carbons (Fsp3) is 0.412. The highest BCUT2D eigenvalue weighted by Crippen LogP contribution is 2.32. The number of benzene rings is 1. The first-order valence-corrected chi connectivity index (χ1v) is 8.59. The third kappa shape index (κ3) is 4.34. The molecule has 23 heavy (non-hydrogen) atoms. The van der Waals surface area contributed by atoms with Crippen LogP contribution in [0, 0.1) is 0 Å². The van der Waals surface area contributed by atoms with Gasteiger partial charge in [0.15, 0.2) is 11.5 Å². The normalized spacial score (nSPS) is 14.7. The molecule has 3 rings (SSSR count). The minimum atomic E-state index is 0.308. The van der Waals surface area contributed by atoms with Crippen molar-refractivity contribution in [2.24, 2.45) is 0 Å². The lowest BCUT2D eigenvalue weighted by Crippen LogP contribution is -2.12. The van der Waals surface area contributed by atoms with Crippen LogP contribution in [0.15, 0.2) is 35.2 Å². The van der Waals surface area contributed by atoms with Gasteiger partial charge in [-0.1, -0.05) is 6.07 Å². The Hall–Kier alpha value is -1.82. The molecule has 0 spiro atoms. The Bertz CT molecular complexity index is 660. The van der Waals surface area contributed by atoms with Gasteiger partial charge in [0.05, 0.1) is 25.6 Å². The second-order valence-corrected chi connectivity index (χ2v) is 6.40. The van der Waals surface area contributed by atoms with E-state index >= 15 is 0 Å². The molecule has 0 bridgehead atoms. The molecular weight excluding hydrogens is 358 g/mol. The number of rotatable bonds is 6. The SMILES string of the molecule is COc1ccc(CNc2cncc(Br)n2)cc1OC1CCCC1. The summed E-state index contributed by atoms with van der Waals surface area (Å²) in [7, 11) is 1.67. The number of ether oxygens (including phenoxy) is 2. The molecule has 1 N–H and O–H groups in total. The van der Waals surface area contributed by atoms with E-state index in [2.05, 4.69) is 31.2 Å². The van der Waals surface area contributed by atoms with Crippen LogP contribution in [-0.4, -0.2) is 23.2 Å². The molecule has 0 unspecified atom stereocenters. The van der Waals surface area contributed by atoms with Crippen LogP contribution in [0.1, 0.15) is 31.2 Å². The lowest BCUT2D eigenvalue weighted by Gasteiger charge is -2.17. The molecule has 0 aliphatic heterocycles. The molecule has 1 aliphatic carbocycles. The molecule has 6 heteroatoms. The summed E-state index contributed by atoms with van der Waals surface area (Å²) < 4.78 is 12.2. The smallest absolute Gasteiger partial charge is 0.161 e. The first kappa shape index (κ1) is 16.1. The second-order valence-electron chi connectivity index (χ2n) is 5.59. The zero-order valence-corrected chi connectivity index (χ0v) is 14.7. The van der Waals surface area contributed by atoms with Crippen LogP contribution in [-0.2, 0) is 6.54 Å². The standard InChI is InChI=1S/C17H20BrN3O2/c1-22-14-7-6-12(8-15(14)23-13-4-2-3-5-13)9-20-17-11-19-10-16(18)21-17/h6-8,10-11,13H,2-5,9H2,1H3,(H,20,21). The van der Waals surface area contributed by atoms with Gasteiger partial charge < -0.3 is 14.8 Å². The summed E-state index contributed by atoms with van der Waals surface area (Å²) in [6.45, 7) is 0.649. The van der Waals surface area contributed by atoms with Crippen LogP contribution in [0.25, 0.3) is 0 Å². The number of halogens is 1. The van der Waals surface area contributed by atoms with Crippen LogP contribution >= 0.6 is 15.9 Å². The quantitative estimate of drug-likeness (QED) is 0.817. The largest absolute Gasteiger partial charge is 0.493 e. The van der Waals surface area contributed by atoms with Gasteiger partial charge in [0.1, 0.15) is 10.4 Å². The van der Waals surface area contributed by atoms with Crippen molar-refractivity contribution in [2.75, 3.05) is 12.4 Å². The van der Waals surface area contributed by atoms with Crippen LogP contribution in [0.2, 0.25) is 0 Å². The molecule has 122 valence electrons. The van der Waals surface area contributed by atoms with Gasteiger partial charge in [0, 0.05) is 6.54 Å². The third-order valence-corrected chi connectivity index (χ3v) is 4.28. The Labute approximate surface area is 144 Å². The van der Waals surface area contributed by atoms with Gasteiger partial charge in [-0.3, -0.25) is 4.98 Å². The average molecular weight is 378 g/mol. The minimum Gasteiger partial charge on any atom is -0.493 e. The van der Waals surface area contributed by atoms with E-state index in [-0.39, 0.29) is 0 Å². The number of nitrogens with one attached hydrogen (secondary N) is 1. The van der Waals surface area contributed by atoms with Gasteiger partial charge >= 0.3 is 0 Å². The van der Waals surface area contributed by atoms with E-state index < -0.39 is 0 Å². The summed E-state index contributed by atoms with van der Waals surface area (Å²) in [5.41, 5.74) is 1.11. The Morgan fingerprint density at radius 2 is 2.04 bits per heavy atom. The highest BCUT2D eigenvalue weighted by atomic mass is 79.9. The number of anilines is 1. The first-order valence-electron chi connectivity index (χ1n) is 7.79. The van der Waals surface area contributed by atoms with E-state index in [0.717, 1.165) is 35.7 Å². The molecule has 1 saturated carbocycles. The van der Waals surface area contributed by atoms with E-state index in [9.17, 15) is 0 Å². The molecule has 0 atom stereocenters. The molecule has 0 saturated heterocycles. The topological polar surface area (TPSA) is 56.3 Å². The summed E-state index contributed by atoms with van der Waals surface area (Å²) in [6, 6.07) is 6.02. The van der Waals surface area contributed by atoms with Crippen molar-refractivity contribution in [2.45, 2.75) is 38.3 Å². The second kappa shape index (κ2) is 7.64. The van der Waals surface area contributed by atoms with E-state index in [0.29, 0.717) is 17.3 Å². The Kier molecular flexibility index (Phi) is 5.33. The molecule has 1 fully saturated rings. The summed E-state index contributed by atoms with van der Waals surface area (Å²) in [5.74, 6) is 2.33. The zero-order chi connectivity index (χ0) is 16.1. The molecule has 2 aromatic rings. The summed E-state index contributed by atoms with van der Waals surface area (Å²) in [5, 5.41) is 3.26. The van der Waals surface area contributed by atoms with Crippen molar-refractivity contribution in [3.8, 4) is 11.5 Å². The first-order chi connectivity index (χ1) is 11.2. The van der Waals surface area contributed by atoms with Gasteiger partial charge in [-0.2, -0.15) is 0 Å². The van der Waals surface area contributed by atoms with E-state index in [1.54, 1.807) is 19.5 Å². The predicted molar refractivity (Wildman–Crippen MR) is 92.9 cm³/mol. The molecule has 0 radical (unpaired) electrons. The van der Waals surface area contributed by atoms with Gasteiger partial charge in [-0.25, -0.2) is 4.98 Å². The molecule has 1 aromatic carbocycles. The maximum Gasteiger partial charge on any atom is 0.161 e. The van der Waals surface area contributed by atoms with Gasteiger partial charge in [-0.15, -0.1) is 0 Å². The maximum absolute atomic E-state index is 6.12. The third-order valence-electron chi connectivity index (χ3n) is 3.90. The fourth-order valence-electron chi connectivity index (χ4n) is 2.73. The summed E-state index contributed by atoms with van der Waals surface area (Å²) in [4.78, 5) is 8.41. The summed E-state index contributed by atoms with van der Waals surface area (Å²) in [6.07, 6.45) is 8.41. The van der Waals surface area contributed by atoms with E-state index in [1.807, 2.05) is 18.2 Å². The van der Waals surface area contributed by atoms with E-state index in [4.69, 9.17) is 9.47 Å². The number of hydrogen-bond donors (Lipinski definition) is 1. The van der Waals surface area contributed by atoms with E-state index in [1.165, 1.54) is 12.8 Å². The molecule has 1 heterocycles. The Morgan fingerprint density at radius 1 is 1.22 bits per heavy atom. The van der Waals surface area contributed by atoms with Crippen molar-refractivity contribution in [3.05, 3.63) is 40.8 Å². The monoisotopic (exact) mass is 377 g/mol. The van der Waals surface area contributed by atoms with Crippen molar-refractivity contribution < 1.29 is 9.47 Å². The minimum absolute atomic E-state index is 0.308. The Morgan fingerprint density at radius 3 is 2.78 bits per heavy atom. The number of methoxy groups -OCH3 is 1. The average Bonchev–Trinajstić information content (AvgIpc) is 3.06. The molecular formula is C17H20BrN3O2. The van der Waals surface area contributed by atoms with Crippen LogP contribution in [0.4, 0.5) is 5.82 Å². The Balaban J connectivity index is 1.69. The van der Waals surface area contributed by atoms with Crippen LogP contribution in [0.3, 0.4) is 0 Å². The fourth-order valence-corrected chi connectivity index (χ4v) is 3.04. The number of nitrogens with zero attached hydrogens (tertiary/aromatic N) is 2. The lowest BCUT2D eigenvalue weighted by molar-refractivity contribution is 0.200. The highest BCUT2D eigenvalue weighted by molar-refractivity contribution is 9.10. The molecule has 1 aromatic heterocycles. The number of hydrogen-bond acceptors (Lipinski definition) is 5. The van der Waals surface area contributed by atoms with Crippen LogP contribution < -0.4 is 14.8 Å². The van der Waals surface area contributed by atoms with Crippen molar-refractivity contribution in [1.82, 2.24) is 9.97 Å².